The van der Waals surface area contributed by atoms with Crippen LogP contribution in [0.4, 0.5) is 0 Å². The summed E-state index contributed by atoms with van der Waals surface area (Å²) in [5.74, 6) is 1.76. The molecule has 1 saturated carbocycles. The lowest BCUT2D eigenvalue weighted by Gasteiger charge is -2.19. The molecule has 3 atom stereocenters. The Balaban J connectivity index is 1.83. The Kier molecular flexibility index (Phi) is 6.74. The highest BCUT2D eigenvalue weighted by molar-refractivity contribution is 5.76. The average molecular weight is 338 g/mol. The molecule has 1 fully saturated rings. The molecule has 7 heteroatoms. The van der Waals surface area contributed by atoms with Crippen LogP contribution in [-0.2, 0) is 16.1 Å². The van der Waals surface area contributed by atoms with Crippen LogP contribution in [0.3, 0.4) is 0 Å². The van der Waals surface area contributed by atoms with Crippen LogP contribution in [-0.4, -0.2) is 40.6 Å². The van der Waals surface area contributed by atoms with Gasteiger partial charge in [0.1, 0.15) is 6.10 Å². The molecule has 1 unspecified atom stereocenters. The molecule has 0 radical (unpaired) electrons. The smallest absolute Gasteiger partial charge is 0.246 e. The van der Waals surface area contributed by atoms with Gasteiger partial charge in [-0.25, -0.2) is 0 Å². The van der Waals surface area contributed by atoms with E-state index >= 15 is 0 Å². The number of carbonyl (C=O) groups excluding carboxylic acids is 1. The van der Waals surface area contributed by atoms with Crippen LogP contribution in [0.2, 0.25) is 0 Å². The first kappa shape index (κ1) is 18.9. The summed E-state index contributed by atoms with van der Waals surface area (Å²) in [5.41, 5.74) is 6.04. The molecule has 0 aromatic carbocycles. The molecule has 2 N–H and O–H groups in total. The average Bonchev–Trinajstić information content (AvgIpc) is 3.14. The molecule has 1 aliphatic carbocycles. The fourth-order valence-corrected chi connectivity index (χ4v) is 2.90. The molecule has 24 heavy (non-hydrogen) atoms. The topological polar surface area (TPSA) is 94.5 Å². The van der Waals surface area contributed by atoms with Gasteiger partial charge in [-0.15, -0.1) is 0 Å². The molecule has 1 aromatic heterocycles. The molecule has 0 aliphatic heterocycles. The number of nitrogens with two attached hydrogens (primary N) is 1. The summed E-state index contributed by atoms with van der Waals surface area (Å²) in [5, 5.41) is 3.95. The zero-order chi connectivity index (χ0) is 17.7. The summed E-state index contributed by atoms with van der Waals surface area (Å²) in [7, 11) is 1.76. The highest BCUT2D eigenvalue weighted by Crippen LogP contribution is 2.27. The van der Waals surface area contributed by atoms with Crippen LogP contribution in [0.25, 0.3) is 0 Å². The van der Waals surface area contributed by atoms with Gasteiger partial charge in [0, 0.05) is 26.1 Å². The molecule has 0 saturated heterocycles. The lowest BCUT2D eigenvalue weighted by molar-refractivity contribution is -0.131. The second-order valence-electron chi connectivity index (χ2n) is 7.22. The summed E-state index contributed by atoms with van der Waals surface area (Å²) in [6, 6.07) is 0.149. The second kappa shape index (κ2) is 8.58. The SMILES string of the molecule is CC(C)COC(C)c1noc(CN(C)C(=O)C[C@@H]2CCC[C@H]2N)n1. The lowest BCUT2D eigenvalue weighted by atomic mass is 9.99. The standard InChI is InChI=1S/C17H30N4O3/c1-11(2)10-23-12(3)17-19-15(24-20-17)9-21(4)16(22)8-13-6-5-7-14(13)18/h11-14H,5-10,18H2,1-4H3/t12?,13-,14+/m0/s1. The summed E-state index contributed by atoms with van der Waals surface area (Å²) < 4.78 is 10.9. The first-order valence-corrected chi connectivity index (χ1v) is 8.80. The van der Waals surface area contributed by atoms with Crippen LogP contribution < -0.4 is 5.73 Å². The molecule has 1 aliphatic rings. The van der Waals surface area contributed by atoms with Crippen molar-refractivity contribution in [2.45, 2.75) is 65.1 Å². The summed E-state index contributed by atoms with van der Waals surface area (Å²) in [6.45, 7) is 7.03. The van der Waals surface area contributed by atoms with Gasteiger partial charge >= 0.3 is 0 Å². The van der Waals surface area contributed by atoms with Crippen molar-refractivity contribution in [1.82, 2.24) is 15.0 Å². The molecule has 1 amide bonds. The molecular formula is C17H30N4O3. The third-order valence-corrected chi connectivity index (χ3v) is 4.48. The van der Waals surface area contributed by atoms with E-state index in [0.29, 0.717) is 43.1 Å². The molecule has 0 bridgehead atoms. The van der Waals surface area contributed by atoms with E-state index in [9.17, 15) is 4.79 Å². The third kappa shape index (κ3) is 5.27. The van der Waals surface area contributed by atoms with Crippen molar-refractivity contribution in [2.75, 3.05) is 13.7 Å². The fraction of sp³-hybridized carbons (Fsp3) is 0.824. The number of aromatic nitrogens is 2. The first-order chi connectivity index (χ1) is 11.4. The van der Waals surface area contributed by atoms with Crippen molar-refractivity contribution in [3.8, 4) is 0 Å². The quantitative estimate of drug-likeness (QED) is 0.781. The number of hydrogen-bond donors (Lipinski definition) is 1. The van der Waals surface area contributed by atoms with Gasteiger partial charge in [0.05, 0.1) is 6.54 Å². The molecule has 7 nitrogen and oxygen atoms in total. The molecule has 2 rings (SSSR count). The van der Waals surface area contributed by atoms with Crippen molar-refractivity contribution in [3.63, 3.8) is 0 Å². The minimum absolute atomic E-state index is 0.0706. The van der Waals surface area contributed by atoms with Crippen molar-refractivity contribution in [1.29, 1.82) is 0 Å². The van der Waals surface area contributed by atoms with E-state index in [4.69, 9.17) is 15.0 Å². The first-order valence-electron chi connectivity index (χ1n) is 8.80. The third-order valence-electron chi connectivity index (χ3n) is 4.48. The molecule has 1 heterocycles. The normalized spacial score (nSPS) is 22.1. The maximum absolute atomic E-state index is 12.3. The molecule has 136 valence electrons. The van der Waals surface area contributed by atoms with Crippen molar-refractivity contribution >= 4 is 5.91 Å². The van der Waals surface area contributed by atoms with Gasteiger partial charge in [0.15, 0.2) is 5.82 Å². The molecule has 0 spiro atoms. The largest absolute Gasteiger partial charge is 0.370 e. The van der Waals surface area contributed by atoms with Crippen LogP contribution in [0.15, 0.2) is 4.52 Å². The summed E-state index contributed by atoms with van der Waals surface area (Å²) >= 11 is 0. The van der Waals surface area contributed by atoms with Gasteiger partial charge in [-0.3, -0.25) is 4.79 Å². The van der Waals surface area contributed by atoms with Crippen LogP contribution in [0.1, 0.15) is 64.3 Å². The summed E-state index contributed by atoms with van der Waals surface area (Å²) in [4.78, 5) is 18.3. The van der Waals surface area contributed by atoms with Gasteiger partial charge in [-0.2, -0.15) is 4.98 Å². The van der Waals surface area contributed by atoms with E-state index in [1.54, 1.807) is 11.9 Å². The molecule has 1 aromatic rings. The monoisotopic (exact) mass is 338 g/mol. The Bertz CT molecular complexity index is 532. The van der Waals surface area contributed by atoms with E-state index in [2.05, 4.69) is 24.0 Å². The highest BCUT2D eigenvalue weighted by atomic mass is 16.5. The van der Waals surface area contributed by atoms with Crippen molar-refractivity contribution in [3.05, 3.63) is 11.7 Å². The highest BCUT2D eigenvalue weighted by Gasteiger charge is 2.27. The number of rotatable bonds is 8. The van der Waals surface area contributed by atoms with E-state index in [0.717, 1.165) is 19.3 Å². The number of nitrogens with zero attached hydrogens (tertiary/aromatic N) is 3. The van der Waals surface area contributed by atoms with Gasteiger partial charge in [-0.05, 0) is 31.6 Å². The zero-order valence-electron chi connectivity index (χ0n) is 15.2. The number of amides is 1. The van der Waals surface area contributed by atoms with E-state index in [-0.39, 0.29) is 18.1 Å². The van der Waals surface area contributed by atoms with Crippen LogP contribution in [0, 0.1) is 11.8 Å². The van der Waals surface area contributed by atoms with Crippen LogP contribution in [0.5, 0.6) is 0 Å². The van der Waals surface area contributed by atoms with Crippen molar-refractivity contribution < 1.29 is 14.1 Å². The predicted molar refractivity (Wildman–Crippen MR) is 89.9 cm³/mol. The Morgan fingerprint density at radius 1 is 1.42 bits per heavy atom. The van der Waals surface area contributed by atoms with Crippen molar-refractivity contribution in [2.24, 2.45) is 17.6 Å². The van der Waals surface area contributed by atoms with E-state index in [1.807, 2.05) is 6.92 Å². The van der Waals surface area contributed by atoms with Gasteiger partial charge < -0.3 is 19.9 Å². The maximum atomic E-state index is 12.3. The minimum atomic E-state index is -0.220. The minimum Gasteiger partial charge on any atom is -0.370 e. The summed E-state index contributed by atoms with van der Waals surface area (Å²) in [6.07, 6.45) is 3.44. The number of ether oxygens (including phenoxy) is 1. The lowest BCUT2D eigenvalue weighted by Crippen LogP contribution is -2.32. The second-order valence-corrected chi connectivity index (χ2v) is 7.22. The van der Waals surface area contributed by atoms with Gasteiger partial charge in [0.25, 0.3) is 0 Å². The zero-order valence-corrected chi connectivity index (χ0v) is 15.2. The Morgan fingerprint density at radius 3 is 2.79 bits per heavy atom. The fourth-order valence-electron chi connectivity index (χ4n) is 2.90. The Hall–Kier alpha value is -1.47. The maximum Gasteiger partial charge on any atom is 0.246 e. The van der Waals surface area contributed by atoms with Crippen LogP contribution >= 0.6 is 0 Å². The Morgan fingerprint density at radius 2 is 2.17 bits per heavy atom. The molecular weight excluding hydrogens is 308 g/mol. The van der Waals surface area contributed by atoms with E-state index in [1.165, 1.54) is 0 Å². The number of carbonyl (C=O) groups is 1. The van der Waals surface area contributed by atoms with E-state index < -0.39 is 0 Å². The Labute approximate surface area is 143 Å². The predicted octanol–water partition coefficient (Wildman–Crippen LogP) is 2.28. The van der Waals surface area contributed by atoms with Gasteiger partial charge in [-0.1, -0.05) is 25.4 Å². The van der Waals surface area contributed by atoms with Gasteiger partial charge in [0.2, 0.25) is 11.8 Å². The number of hydrogen-bond acceptors (Lipinski definition) is 6.